The molecule has 1 saturated heterocycles. The minimum atomic E-state index is -4.47. The molecular formula is C24H21F3N6O3. The van der Waals surface area contributed by atoms with Gasteiger partial charge in [-0.3, -0.25) is 9.48 Å². The Morgan fingerprint density at radius 3 is 2.50 bits per heavy atom. The van der Waals surface area contributed by atoms with E-state index in [1.807, 2.05) is 4.90 Å². The first-order valence-corrected chi connectivity index (χ1v) is 11.2. The Morgan fingerprint density at radius 2 is 1.83 bits per heavy atom. The zero-order chi connectivity index (χ0) is 25.3. The molecule has 0 unspecified atom stereocenters. The number of carbonyl (C=O) groups is 1. The molecule has 0 radical (unpaired) electrons. The molecule has 4 aromatic rings. The lowest BCUT2D eigenvalue weighted by Gasteiger charge is -2.15. The van der Waals surface area contributed by atoms with E-state index in [1.165, 1.54) is 6.20 Å². The fourth-order valence-electron chi connectivity index (χ4n) is 3.90. The third-order valence-electron chi connectivity index (χ3n) is 5.92. The molecule has 3 aromatic heterocycles. The number of nitrogens with zero attached hydrogens (tertiary/aromatic N) is 6. The number of benzene rings is 1. The van der Waals surface area contributed by atoms with Crippen LogP contribution in [0.25, 0.3) is 22.8 Å². The van der Waals surface area contributed by atoms with Crippen molar-refractivity contribution in [3.63, 3.8) is 0 Å². The Bertz CT molecular complexity index is 1360. The van der Waals surface area contributed by atoms with Crippen molar-refractivity contribution >= 4 is 5.91 Å². The van der Waals surface area contributed by atoms with Crippen LogP contribution in [0.3, 0.4) is 0 Å². The summed E-state index contributed by atoms with van der Waals surface area (Å²) in [7, 11) is 1.69. The molecule has 0 N–H and O–H groups in total. The molecule has 1 amide bonds. The molecule has 1 fully saturated rings. The highest BCUT2D eigenvalue weighted by atomic mass is 19.4. The Labute approximate surface area is 203 Å². The molecule has 0 spiro atoms. The van der Waals surface area contributed by atoms with Crippen molar-refractivity contribution in [1.82, 2.24) is 29.8 Å². The van der Waals surface area contributed by atoms with Crippen LogP contribution in [0.5, 0.6) is 5.88 Å². The van der Waals surface area contributed by atoms with Crippen LogP contribution in [0.15, 0.2) is 53.3 Å². The normalized spacial score (nSPS) is 13.8. The van der Waals surface area contributed by atoms with Gasteiger partial charge in [-0.25, -0.2) is 4.98 Å². The average Bonchev–Trinajstić information content (AvgIpc) is 3.64. The number of pyridine rings is 1. The van der Waals surface area contributed by atoms with E-state index < -0.39 is 11.7 Å². The number of hydrogen-bond donors (Lipinski definition) is 0. The van der Waals surface area contributed by atoms with E-state index in [1.54, 1.807) is 36.0 Å². The summed E-state index contributed by atoms with van der Waals surface area (Å²) in [5.41, 5.74) is 1.51. The fraction of sp³-hybridized carbons (Fsp3) is 0.292. The van der Waals surface area contributed by atoms with Gasteiger partial charge in [0.05, 0.1) is 23.0 Å². The highest BCUT2D eigenvalue weighted by Gasteiger charge is 2.30. The number of rotatable bonds is 6. The van der Waals surface area contributed by atoms with Crippen LogP contribution in [0, 0.1) is 0 Å². The first-order valence-electron chi connectivity index (χ1n) is 11.2. The molecule has 1 aliphatic rings. The van der Waals surface area contributed by atoms with Crippen LogP contribution in [0.1, 0.15) is 34.5 Å². The summed E-state index contributed by atoms with van der Waals surface area (Å²) in [6.07, 6.45) is -0.169. The standard InChI is InChI=1S/C24H21F3N6O3/c1-32-19(14-35-20-9-8-17(12-28-20)24(25,26)27)18(13-29-32)22-30-21(31-36-22)15-4-6-16(7-5-15)23(34)33-10-2-3-11-33/h4-9,12-13H,2-3,10-11,14H2,1H3. The van der Waals surface area contributed by atoms with E-state index >= 15 is 0 Å². The molecule has 36 heavy (non-hydrogen) atoms. The van der Waals surface area contributed by atoms with Gasteiger partial charge in [-0.2, -0.15) is 23.3 Å². The Morgan fingerprint density at radius 1 is 1.08 bits per heavy atom. The maximum atomic E-state index is 12.7. The molecule has 12 heteroatoms. The maximum absolute atomic E-state index is 12.7. The molecule has 4 heterocycles. The van der Waals surface area contributed by atoms with Crippen LogP contribution in [-0.2, 0) is 19.8 Å². The van der Waals surface area contributed by atoms with Crippen molar-refractivity contribution < 1.29 is 27.2 Å². The van der Waals surface area contributed by atoms with Gasteiger partial charge in [0, 0.05) is 43.5 Å². The summed E-state index contributed by atoms with van der Waals surface area (Å²) >= 11 is 0. The number of hydrogen-bond acceptors (Lipinski definition) is 7. The molecule has 0 saturated carbocycles. The Balaban J connectivity index is 1.30. The molecule has 0 bridgehead atoms. The summed E-state index contributed by atoms with van der Waals surface area (Å²) in [6.45, 7) is 1.52. The molecule has 9 nitrogen and oxygen atoms in total. The zero-order valence-electron chi connectivity index (χ0n) is 19.2. The van der Waals surface area contributed by atoms with Crippen LogP contribution in [-0.4, -0.2) is 48.8 Å². The van der Waals surface area contributed by atoms with E-state index in [4.69, 9.17) is 9.26 Å². The van der Waals surface area contributed by atoms with Crippen molar-refractivity contribution in [2.75, 3.05) is 13.1 Å². The van der Waals surface area contributed by atoms with Crippen molar-refractivity contribution in [1.29, 1.82) is 0 Å². The third-order valence-corrected chi connectivity index (χ3v) is 5.92. The Kier molecular flexibility index (Phi) is 6.17. The predicted molar refractivity (Wildman–Crippen MR) is 121 cm³/mol. The van der Waals surface area contributed by atoms with E-state index in [0.717, 1.165) is 38.1 Å². The second-order valence-electron chi connectivity index (χ2n) is 8.30. The second-order valence-corrected chi connectivity index (χ2v) is 8.30. The minimum absolute atomic E-state index is 0.00962. The zero-order valence-corrected chi connectivity index (χ0v) is 19.2. The molecule has 0 aliphatic carbocycles. The number of aryl methyl sites for hydroxylation is 1. The van der Waals surface area contributed by atoms with E-state index in [2.05, 4.69) is 20.2 Å². The smallest absolute Gasteiger partial charge is 0.417 e. The molecular weight excluding hydrogens is 477 g/mol. The van der Waals surface area contributed by atoms with Crippen LogP contribution in [0.2, 0.25) is 0 Å². The first kappa shape index (κ1) is 23.5. The van der Waals surface area contributed by atoms with Gasteiger partial charge in [0.2, 0.25) is 11.7 Å². The van der Waals surface area contributed by atoms with E-state index in [0.29, 0.717) is 34.4 Å². The van der Waals surface area contributed by atoms with Crippen molar-refractivity contribution in [3.05, 3.63) is 65.6 Å². The lowest BCUT2D eigenvalue weighted by atomic mass is 10.1. The SMILES string of the molecule is Cn1ncc(-c2nc(-c3ccc(C(=O)N4CCCC4)cc3)no2)c1COc1ccc(C(F)(F)F)cn1. The van der Waals surface area contributed by atoms with Crippen molar-refractivity contribution in [2.45, 2.75) is 25.6 Å². The summed E-state index contributed by atoms with van der Waals surface area (Å²) in [5.74, 6) is 0.583. The van der Waals surface area contributed by atoms with E-state index in [9.17, 15) is 18.0 Å². The third kappa shape index (κ3) is 4.79. The van der Waals surface area contributed by atoms with Crippen LogP contribution >= 0.6 is 0 Å². The lowest BCUT2D eigenvalue weighted by Crippen LogP contribution is -2.27. The predicted octanol–water partition coefficient (Wildman–Crippen LogP) is 4.37. The van der Waals surface area contributed by atoms with Gasteiger partial charge in [-0.15, -0.1) is 0 Å². The summed E-state index contributed by atoms with van der Waals surface area (Å²) in [5, 5.41) is 8.24. The number of carbonyl (C=O) groups excluding carboxylic acids is 1. The maximum Gasteiger partial charge on any atom is 0.417 e. The van der Waals surface area contributed by atoms with Crippen LogP contribution in [0.4, 0.5) is 13.2 Å². The molecule has 1 aliphatic heterocycles. The molecule has 1 aromatic carbocycles. The highest BCUT2D eigenvalue weighted by molar-refractivity contribution is 5.94. The van der Waals surface area contributed by atoms with Gasteiger partial charge in [-0.05, 0) is 31.0 Å². The average molecular weight is 498 g/mol. The monoisotopic (exact) mass is 498 g/mol. The quantitative estimate of drug-likeness (QED) is 0.389. The number of alkyl halides is 3. The number of ether oxygens (including phenoxy) is 1. The fourth-order valence-corrected chi connectivity index (χ4v) is 3.90. The van der Waals surface area contributed by atoms with Gasteiger partial charge in [-0.1, -0.05) is 17.3 Å². The lowest BCUT2D eigenvalue weighted by molar-refractivity contribution is -0.137. The number of likely N-dealkylation sites (tertiary alicyclic amines) is 1. The molecule has 5 rings (SSSR count). The highest BCUT2D eigenvalue weighted by Crippen LogP contribution is 2.30. The number of aromatic nitrogens is 5. The van der Waals surface area contributed by atoms with Gasteiger partial charge < -0.3 is 14.2 Å². The largest absolute Gasteiger partial charge is 0.471 e. The molecule has 0 atom stereocenters. The van der Waals surface area contributed by atoms with Gasteiger partial charge in [0.15, 0.2) is 0 Å². The summed E-state index contributed by atoms with van der Waals surface area (Å²) < 4.78 is 50.7. The molecule has 186 valence electrons. The summed E-state index contributed by atoms with van der Waals surface area (Å²) in [6, 6.07) is 9.07. The summed E-state index contributed by atoms with van der Waals surface area (Å²) in [4.78, 5) is 22.6. The number of halogens is 3. The van der Waals surface area contributed by atoms with Crippen molar-refractivity contribution in [3.8, 4) is 28.7 Å². The Hall–Kier alpha value is -4.22. The van der Waals surface area contributed by atoms with Crippen LogP contribution < -0.4 is 4.74 Å². The second kappa shape index (κ2) is 9.44. The minimum Gasteiger partial charge on any atom is -0.471 e. The van der Waals surface area contributed by atoms with E-state index in [-0.39, 0.29) is 24.3 Å². The van der Waals surface area contributed by atoms with Gasteiger partial charge >= 0.3 is 6.18 Å². The number of amides is 1. The first-order chi connectivity index (χ1) is 17.3. The van der Waals surface area contributed by atoms with Gasteiger partial charge in [0.25, 0.3) is 11.8 Å². The van der Waals surface area contributed by atoms with Gasteiger partial charge in [0.1, 0.15) is 6.61 Å². The topological polar surface area (TPSA) is 99.2 Å². The van der Waals surface area contributed by atoms with Crippen molar-refractivity contribution in [2.24, 2.45) is 7.05 Å².